The number of carbonyl (C=O) groups excluding carboxylic acids is 2. The lowest BCUT2D eigenvalue weighted by Gasteiger charge is -2.22. The molecule has 1 unspecified atom stereocenters. The van der Waals surface area contributed by atoms with E-state index >= 15 is 0 Å². The second kappa shape index (κ2) is 9.62. The largest absolute Gasteiger partial charge is 0.452 e. The van der Waals surface area contributed by atoms with Crippen LogP contribution >= 0.6 is 0 Å². The van der Waals surface area contributed by atoms with Crippen molar-refractivity contribution in [1.82, 2.24) is 9.21 Å². The van der Waals surface area contributed by atoms with Gasteiger partial charge in [-0.3, -0.25) is 9.59 Å². The van der Waals surface area contributed by atoms with Crippen molar-refractivity contribution in [2.45, 2.75) is 24.5 Å². The van der Waals surface area contributed by atoms with E-state index in [1.165, 1.54) is 18.9 Å². The summed E-state index contributed by atoms with van der Waals surface area (Å²) in [6.45, 7) is 1.19. The highest BCUT2D eigenvalue weighted by atomic mass is 32.2. The highest BCUT2D eigenvalue weighted by molar-refractivity contribution is 7.89. The molecule has 2 aromatic rings. The van der Waals surface area contributed by atoms with E-state index in [1.54, 1.807) is 7.05 Å². The van der Waals surface area contributed by atoms with Crippen LogP contribution in [0.4, 0.5) is 4.39 Å². The van der Waals surface area contributed by atoms with Crippen LogP contribution < -0.4 is 0 Å². The third-order valence-electron chi connectivity index (χ3n) is 4.17. The van der Waals surface area contributed by atoms with Gasteiger partial charge in [0.05, 0.1) is 4.90 Å². The van der Waals surface area contributed by atoms with E-state index in [9.17, 15) is 22.4 Å². The number of amides is 1. The van der Waals surface area contributed by atoms with Gasteiger partial charge in [-0.2, -0.15) is 4.31 Å². The van der Waals surface area contributed by atoms with Crippen LogP contribution in [-0.2, 0) is 30.9 Å². The quantitative estimate of drug-likeness (QED) is 0.608. The Balaban J connectivity index is 1.93. The Labute approximate surface area is 169 Å². The van der Waals surface area contributed by atoms with Crippen LogP contribution in [0.15, 0.2) is 59.5 Å². The van der Waals surface area contributed by atoms with E-state index in [0.717, 1.165) is 34.1 Å². The lowest BCUT2D eigenvalue weighted by Crippen LogP contribution is -2.40. The molecule has 2 aromatic carbocycles. The Hall–Kier alpha value is -2.78. The summed E-state index contributed by atoms with van der Waals surface area (Å²) < 4.78 is 43.7. The Bertz CT molecular complexity index is 949. The average molecular weight is 422 g/mol. The molecule has 0 saturated carbocycles. The zero-order chi connectivity index (χ0) is 21.6. The lowest BCUT2D eigenvalue weighted by molar-refractivity contribution is -0.158. The van der Waals surface area contributed by atoms with Crippen LogP contribution in [0.3, 0.4) is 0 Å². The fraction of sp³-hybridized carbons (Fsp3) is 0.300. The number of hydrogen-bond acceptors (Lipinski definition) is 5. The molecule has 0 heterocycles. The maximum atomic E-state index is 13.0. The van der Waals surface area contributed by atoms with Gasteiger partial charge in [0.25, 0.3) is 5.91 Å². The molecule has 0 bridgehead atoms. The number of benzene rings is 2. The third-order valence-corrected chi connectivity index (χ3v) is 5.99. The highest BCUT2D eigenvalue weighted by Gasteiger charge is 2.26. The van der Waals surface area contributed by atoms with Crippen molar-refractivity contribution in [1.29, 1.82) is 0 Å². The molecule has 0 N–H and O–H groups in total. The van der Waals surface area contributed by atoms with E-state index < -0.39 is 40.4 Å². The zero-order valence-electron chi connectivity index (χ0n) is 16.4. The summed E-state index contributed by atoms with van der Waals surface area (Å²) in [4.78, 5) is 25.8. The monoisotopic (exact) mass is 422 g/mol. The van der Waals surface area contributed by atoms with Crippen molar-refractivity contribution in [3.05, 3.63) is 66.0 Å². The smallest absolute Gasteiger partial charge is 0.322 e. The standard InChI is InChI=1S/C20H23FN2O5S/c1-15(20(25)22(2)13-16-7-5-4-6-8-16)28-19(24)14-23(3)29(26,27)18-11-9-17(21)10-12-18/h4-12,15H,13-14H2,1-3H3. The molecule has 0 fully saturated rings. The topological polar surface area (TPSA) is 84.0 Å². The first kappa shape index (κ1) is 22.5. The Morgan fingerprint density at radius 1 is 1.03 bits per heavy atom. The molecule has 156 valence electrons. The first-order chi connectivity index (χ1) is 13.6. The number of ether oxygens (including phenoxy) is 1. The van der Waals surface area contributed by atoms with Gasteiger partial charge in [-0.1, -0.05) is 30.3 Å². The molecule has 29 heavy (non-hydrogen) atoms. The molecule has 2 rings (SSSR count). The van der Waals surface area contributed by atoms with Gasteiger partial charge in [0, 0.05) is 20.6 Å². The summed E-state index contributed by atoms with van der Waals surface area (Å²) in [6.07, 6.45) is -1.07. The van der Waals surface area contributed by atoms with Crippen molar-refractivity contribution in [2.24, 2.45) is 0 Å². The van der Waals surface area contributed by atoms with Gasteiger partial charge in [0.1, 0.15) is 12.4 Å². The van der Waals surface area contributed by atoms with Gasteiger partial charge in [-0.05, 0) is 36.8 Å². The molecule has 1 amide bonds. The molecule has 0 spiro atoms. The number of rotatable bonds is 8. The minimum Gasteiger partial charge on any atom is -0.452 e. The summed E-state index contributed by atoms with van der Waals surface area (Å²) >= 11 is 0. The summed E-state index contributed by atoms with van der Waals surface area (Å²) in [5.41, 5.74) is 0.923. The second-order valence-electron chi connectivity index (χ2n) is 6.53. The summed E-state index contributed by atoms with van der Waals surface area (Å²) in [5.74, 6) is -1.85. The summed E-state index contributed by atoms with van der Waals surface area (Å²) in [6, 6.07) is 13.6. The first-order valence-electron chi connectivity index (χ1n) is 8.81. The molecule has 0 saturated heterocycles. The fourth-order valence-corrected chi connectivity index (χ4v) is 3.70. The molecule has 0 aromatic heterocycles. The van der Waals surface area contributed by atoms with Gasteiger partial charge in [0.15, 0.2) is 6.10 Å². The van der Waals surface area contributed by atoms with Gasteiger partial charge < -0.3 is 9.64 Å². The minimum absolute atomic E-state index is 0.152. The molecular weight excluding hydrogens is 399 g/mol. The van der Waals surface area contributed by atoms with Crippen LogP contribution in [0.25, 0.3) is 0 Å². The maximum Gasteiger partial charge on any atom is 0.322 e. The number of likely N-dealkylation sites (N-methyl/N-ethyl adjacent to an activating group) is 2. The molecule has 1 atom stereocenters. The lowest BCUT2D eigenvalue weighted by atomic mass is 10.2. The van der Waals surface area contributed by atoms with Crippen molar-refractivity contribution < 1.29 is 27.1 Å². The zero-order valence-corrected chi connectivity index (χ0v) is 17.2. The van der Waals surface area contributed by atoms with E-state index in [-0.39, 0.29) is 4.90 Å². The highest BCUT2D eigenvalue weighted by Crippen LogP contribution is 2.15. The van der Waals surface area contributed by atoms with E-state index in [4.69, 9.17) is 4.74 Å². The summed E-state index contributed by atoms with van der Waals surface area (Å²) in [5, 5.41) is 0. The maximum absolute atomic E-state index is 13.0. The van der Waals surface area contributed by atoms with E-state index in [2.05, 4.69) is 0 Å². The van der Waals surface area contributed by atoms with Crippen LogP contribution in [0.2, 0.25) is 0 Å². The van der Waals surface area contributed by atoms with Crippen molar-refractivity contribution >= 4 is 21.9 Å². The normalized spacial score (nSPS) is 12.4. The predicted molar refractivity (Wildman–Crippen MR) is 105 cm³/mol. The SMILES string of the molecule is CC(OC(=O)CN(C)S(=O)(=O)c1ccc(F)cc1)C(=O)N(C)Cc1ccccc1. The van der Waals surface area contributed by atoms with Gasteiger partial charge >= 0.3 is 5.97 Å². The number of nitrogens with zero attached hydrogens (tertiary/aromatic N) is 2. The Morgan fingerprint density at radius 2 is 1.62 bits per heavy atom. The number of halogens is 1. The van der Waals surface area contributed by atoms with Crippen LogP contribution in [0, 0.1) is 5.82 Å². The van der Waals surface area contributed by atoms with Gasteiger partial charge in [0.2, 0.25) is 10.0 Å². The molecule has 7 nitrogen and oxygen atoms in total. The number of carbonyl (C=O) groups is 2. The van der Waals surface area contributed by atoms with E-state index in [0.29, 0.717) is 6.54 Å². The number of sulfonamides is 1. The Kier molecular flexibility index (Phi) is 7.46. The van der Waals surface area contributed by atoms with Gasteiger partial charge in [-0.15, -0.1) is 0 Å². The molecule has 0 aliphatic heterocycles. The molecule has 0 aliphatic carbocycles. The van der Waals surface area contributed by atoms with Crippen LogP contribution in [0.5, 0.6) is 0 Å². The second-order valence-corrected chi connectivity index (χ2v) is 8.57. The number of esters is 1. The number of hydrogen-bond donors (Lipinski definition) is 0. The van der Waals surface area contributed by atoms with Crippen LogP contribution in [0.1, 0.15) is 12.5 Å². The van der Waals surface area contributed by atoms with Crippen molar-refractivity contribution in [2.75, 3.05) is 20.6 Å². The molecule has 0 radical (unpaired) electrons. The first-order valence-corrected chi connectivity index (χ1v) is 10.3. The third kappa shape index (κ3) is 6.10. The predicted octanol–water partition coefficient (Wildman–Crippen LogP) is 2.04. The fourth-order valence-electron chi connectivity index (χ4n) is 2.58. The van der Waals surface area contributed by atoms with Crippen molar-refractivity contribution in [3.63, 3.8) is 0 Å². The minimum atomic E-state index is -3.99. The molecule has 0 aliphatic rings. The Morgan fingerprint density at radius 3 is 2.21 bits per heavy atom. The summed E-state index contributed by atoms with van der Waals surface area (Å²) in [7, 11) is -1.20. The van der Waals surface area contributed by atoms with Gasteiger partial charge in [-0.25, -0.2) is 12.8 Å². The van der Waals surface area contributed by atoms with Crippen LogP contribution in [-0.4, -0.2) is 56.2 Å². The average Bonchev–Trinajstić information content (AvgIpc) is 2.68. The van der Waals surface area contributed by atoms with E-state index in [1.807, 2.05) is 30.3 Å². The van der Waals surface area contributed by atoms with Crippen molar-refractivity contribution in [3.8, 4) is 0 Å². The molecule has 9 heteroatoms. The molecular formula is C20H23FN2O5S.